The van der Waals surface area contributed by atoms with E-state index in [2.05, 4.69) is 21.9 Å². The molecule has 144 valence electrons. The minimum absolute atomic E-state index is 0.0406. The summed E-state index contributed by atoms with van der Waals surface area (Å²) in [5.74, 6) is -0.189. The number of carbonyl (C=O) groups is 1. The maximum atomic E-state index is 12.7. The number of nitrogens with one attached hydrogen (secondary N) is 2. The molecule has 0 radical (unpaired) electrons. The van der Waals surface area contributed by atoms with E-state index >= 15 is 0 Å². The molecule has 1 amide bonds. The first-order valence-electron chi connectivity index (χ1n) is 9.35. The van der Waals surface area contributed by atoms with Gasteiger partial charge in [-0.15, -0.1) is 0 Å². The van der Waals surface area contributed by atoms with Crippen LogP contribution in [0, 0.1) is 5.92 Å². The van der Waals surface area contributed by atoms with Crippen LogP contribution in [0.1, 0.15) is 44.2 Å². The van der Waals surface area contributed by atoms with Crippen molar-refractivity contribution in [3.05, 3.63) is 30.1 Å². The molecule has 0 bridgehead atoms. The standard InChI is InChI=1S/C18H28N4O3S/c1-14-4-6-16(7-5-14)21-26(24,25)13-18(23)22-10-9-20-12-17(22)15-3-2-8-19-11-15/h2-3,8,11,14,16-17,20-21H,4-7,9-10,12-13H2,1H3. The molecule has 1 atom stereocenters. The van der Waals surface area contributed by atoms with Crippen LogP contribution in [0.2, 0.25) is 0 Å². The van der Waals surface area contributed by atoms with Crippen LogP contribution in [0.3, 0.4) is 0 Å². The van der Waals surface area contributed by atoms with Gasteiger partial charge >= 0.3 is 0 Å². The molecule has 1 saturated carbocycles. The molecule has 1 aromatic heterocycles. The monoisotopic (exact) mass is 380 g/mol. The van der Waals surface area contributed by atoms with Gasteiger partial charge in [0.15, 0.2) is 0 Å². The number of hydrogen-bond acceptors (Lipinski definition) is 5. The Labute approximate surface area is 155 Å². The van der Waals surface area contributed by atoms with Crippen LogP contribution in [0.4, 0.5) is 0 Å². The number of sulfonamides is 1. The van der Waals surface area contributed by atoms with Gasteiger partial charge in [0, 0.05) is 38.1 Å². The highest BCUT2D eigenvalue weighted by molar-refractivity contribution is 7.90. The van der Waals surface area contributed by atoms with Crippen LogP contribution >= 0.6 is 0 Å². The summed E-state index contributed by atoms with van der Waals surface area (Å²) in [5.41, 5.74) is 0.916. The minimum Gasteiger partial charge on any atom is -0.332 e. The number of amides is 1. The number of hydrogen-bond donors (Lipinski definition) is 2. The van der Waals surface area contributed by atoms with Crippen LogP contribution < -0.4 is 10.0 Å². The molecule has 2 aliphatic rings. The molecule has 1 aliphatic carbocycles. The fourth-order valence-electron chi connectivity index (χ4n) is 3.79. The summed E-state index contributed by atoms with van der Waals surface area (Å²) >= 11 is 0. The first-order chi connectivity index (χ1) is 12.4. The lowest BCUT2D eigenvalue weighted by molar-refractivity contribution is -0.131. The van der Waals surface area contributed by atoms with Crippen molar-refractivity contribution in [3.8, 4) is 0 Å². The second-order valence-electron chi connectivity index (χ2n) is 7.43. The molecule has 1 unspecified atom stereocenters. The van der Waals surface area contributed by atoms with Gasteiger partial charge in [-0.05, 0) is 43.2 Å². The van der Waals surface area contributed by atoms with Gasteiger partial charge in [-0.1, -0.05) is 13.0 Å². The molecule has 8 heteroatoms. The topological polar surface area (TPSA) is 91.4 Å². The van der Waals surface area contributed by atoms with Crippen LogP contribution in [0.5, 0.6) is 0 Å². The van der Waals surface area contributed by atoms with Gasteiger partial charge in [0.1, 0.15) is 5.75 Å². The van der Waals surface area contributed by atoms with Gasteiger partial charge in [-0.25, -0.2) is 13.1 Å². The van der Waals surface area contributed by atoms with Crippen LogP contribution in [0.25, 0.3) is 0 Å². The molecule has 1 aromatic rings. The molecule has 0 spiro atoms. The average molecular weight is 381 g/mol. The van der Waals surface area contributed by atoms with E-state index in [9.17, 15) is 13.2 Å². The first-order valence-corrected chi connectivity index (χ1v) is 11.0. The van der Waals surface area contributed by atoms with Crippen molar-refractivity contribution in [1.29, 1.82) is 0 Å². The van der Waals surface area contributed by atoms with E-state index in [0.29, 0.717) is 25.6 Å². The maximum Gasteiger partial charge on any atom is 0.239 e. The lowest BCUT2D eigenvalue weighted by Gasteiger charge is -2.36. The first kappa shape index (κ1) is 19.3. The zero-order valence-corrected chi connectivity index (χ0v) is 16.0. The van der Waals surface area contributed by atoms with Crippen molar-refractivity contribution >= 4 is 15.9 Å². The molecule has 0 aromatic carbocycles. The number of piperazine rings is 1. The van der Waals surface area contributed by atoms with E-state index < -0.39 is 15.8 Å². The van der Waals surface area contributed by atoms with Crippen molar-refractivity contribution in [2.24, 2.45) is 5.92 Å². The van der Waals surface area contributed by atoms with E-state index in [-0.39, 0.29) is 18.0 Å². The Morgan fingerprint density at radius 2 is 2.12 bits per heavy atom. The summed E-state index contributed by atoms with van der Waals surface area (Å²) in [6.45, 7) is 3.95. The van der Waals surface area contributed by atoms with E-state index in [1.165, 1.54) is 0 Å². The van der Waals surface area contributed by atoms with Crippen LogP contribution in [0.15, 0.2) is 24.5 Å². The Morgan fingerprint density at radius 3 is 2.81 bits per heavy atom. The van der Waals surface area contributed by atoms with Crippen LogP contribution in [-0.4, -0.2) is 55.6 Å². The second kappa shape index (κ2) is 8.45. The van der Waals surface area contributed by atoms with Gasteiger partial charge < -0.3 is 10.2 Å². The fraction of sp³-hybridized carbons (Fsp3) is 0.667. The number of aromatic nitrogens is 1. The number of rotatable bonds is 5. The van der Waals surface area contributed by atoms with Gasteiger partial charge in [-0.3, -0.25) is 9.78 Å². The zero-order valence-electron chi connectivity index (χ0n) is 15.2. The van der Waals surface area contributed by atoms with Crippen molar-refractivity contribution in [1.82, 2.24) is 19.9 Å². The highest BCUT2D eigenvalue weighted by Crippen LogP contribution is 2.24. The normalized spacial score (nSPS) is 27.3. The molecule has 26 heavy (non-hydrogen) atoms. The zero-order chi connectivity index (χ0) is 18.6. The molecule has 3 rings (SSSR count). The van der Waals surface area contributed by atoms with E-state index in [0.717, 1.165) is 31.2 Å². The summed E-state index contributed by atoms with van der Waals surface area (Å²) in [7, 11) is -3.63. The largest absolute Gasteiger partial charge is 0.332 e. The number of pyridine rings is 1. The lowest BCUT2D eigenvalue weighted by atomic mass is 9.88. The third-order valence-corrected chi connectivity index (χ3v) is 6.63. The van der Waals surface area contributed by atoms with Crippen molar-refractivity contribution in [2.75, 3.05) is 25.4 Å². The third-order valence-electron chi connectivity index (χ3n) is 5.31. The third kappa shape index (κ3) is 5.02. The summed E-state index contributed by atoms with van der Waals surface area (Å²) in [6.07, 6.45) is 7.17. The molecular weight excluding hydrogens is 352 g/mol. The summed E-state index contributed by atoms with van der Waals surface area (Å²) in [4.78, 5) is 18.5. The van der Waals surface area contributed by atoms with Crippen LogP contribution in [-0.2, 0) is 14.8 Å². The quantitative estimate of drug-likeness (QED) is 0.797. The van der Waals surface area contributed by atoms with Gasteiger partial charge in [0.05, 0.1) is 6.04 Å². The Balaban J connectivity index is 1.63. The second-order valence-corrected chi connectivity index (χ2v) is 9.18. The highest BCUT2D eigenvalue weighted by Gasteiger charge is 2.32. The average Bonchev–Trinajstić information content (AvgIpc) is 2.64. The maximum absolute atomic E-state index is 12.7. The molecule has 7 nitrogen and oxygen atoms in total. The SMILES string of the molecule is CC1CCC(NS(=O)(=O)CC(=O)N2CCNCC2c2cccnc2)CC1. The van der Waals surface area contributed by atoms with Gasteiger partial charge in [0.2, 0.25) is 15.9 Å². The van der Waals surface area contributed by atoms with Gasteiger partial charge in [0.25, 0.3) is 0 Å². The smallest absolute Gasteiger partial charge is 0.239 e. The Morgan fingerprint density at radius 1 is 1.35 bits per heavy atom. The Kier molecular flexibility index (Phi) is 6.26. The molecule has 2 heterocycles. The van der Waals surface area contributed by atoms with Crippen molar-refractivity contribution in [3.63, 3.8) is 0 Å². The molecule has 2 N–H and O–H groups in total. The number of carbonyl (C=O) groups excluding carboxylic acids is 1. The predicted octanol–water partition coefficient (Wildman–Crippen LogP) is 1.05. The Bertz CT molecular complexity index is 702. The molecule has 1 aliphatic heterocycles. The predicted molar refractivity (Wildman–Crippen MR) is 99.9 cm³/mol. The lowest BCUT2D eigenvalue weighted by Crippen LogP contribution is -2.51. The fourth-order valence-corrected chi connectivity index (χ4v) is 5.11. The van der Waals surface area contributed by atoms with E-state index in [4.69, 9.17) is 0 Å². The van der Waals surface area contributed by atoms with Crippen molar-refractivity contribution < 1.29 is 13.2 Å². The van der Waals surface area contributed by atoms with Gasteiger partial charge in [-0.2, -0.15) is 0 Å². The highest BCUT2D eigenvalue weighted by atomic mass is 32.2. The summed E-state index contributed by atoms with van der Waals surface area (Å²) < 4.78 is 27.7. The minimum atomic E-state index is -3.63. The summed E-state index contributed by atoms with van der Waals surface area (Å²) in [6, 6.07) is 3.52. The molecule has 1 saturated heterocycles. The number of nitrogens with zero attached hydrogens (tertiary/aromatic N) is 2. The van der Waals surface area contributed by atoms with E-state index in [1.54, 1.807) is 17.3 Å². The Hall–Kier alpha value is -1.51. The summed E-state index contributed by atoms with van der Waals surface area (Å²) in [5, 5.41) is 3.26. The van der Waals surface area contributed by atoms with Crippen molar-refractivity contribution in [2.45, 2.75) is 44.7 Å². The van der Waals surface area contributed by atoms with E-state index in [1.807, 2.05) is 12.1 Å². The molecule has 2 fully saturated rings. The molecular formula is C18H28N4O3S.